The molecule has 1 unspecified atom stereocenters. The Morgan fingerprint density at radius 2 is 1.81 bits per heavy atom. The van der Waals surface area contributed by atoms with Crippen LogP contribution in [0.25, 0.3) is 0 Å². The molecule has 94 valence electrons. The molecule has 2 heterocycles. The fourth-order valence-corrected chi connectivity index (χ4v) is 3.42. The molecule has 0 aliphatic carbocycles. The molecule has 2 saturated heterocycles. The van der Waals surface area contributed by atoms with Crippen molar-refractivity contribution >= 4 is 15.9 Å². The molecule has 3 heteroatoms. The zero-order valence-electron chi connectivity index (χ0n) is 10.3. The highest BCUT2D eigenvalue weighted by Crippen LogP contribution is 2.20. The van der Waals surface area contributed by atoms with Gasteiger partial charge in [0.25, 0.3) is 0 Å². The normalized spacial score (nSPS) is 27.9. The first-order valence-corrected chi connectivity index (χ1v) is 8.04. The van der Waals surface area contributed by atoms with Crippen LogP contribution in [0, 0.1) is 0 Å². The molecular formula is C13H25BrN2. The van der Waals surface area contributed by atoms with Crippen LogP contribution < -0.4 is 0 Å². The molecule has 0 radical (unpaired) electrons. The Morgan fingerprint density at radius 1 is 1.00 bits per heavy atom. The van der Waals surface area contributed by atoms with Gasteiger partial charge in [0.05, 0.1) is 0 Å². The van der Waals surface area contributed by atoms with E-state index in [4.69, 9.17) is 0 Å². The highest BCUT2D eigenvalue weighted by atomic mass is 79.9. The van der Waals surface area contributed by atoms with Gasteiger partial charge < -0.3 is 4.90 Å². The van der Waals surface area contributed by atoms with Crippen molar-refractivity contribution in [3.05, 3.63) is 0 Å². The third kappa shape index (κ3) is 3.71. The van der Waals surface area contributed by atoms with Gasteiger partial charge in [-0.15, -0.1) is 0 Å². The minimum absolute atomic E-state index is 0.888. The van der Waals surface area contributed by atoms with Gasteiger partial charge in [-0.2, -0.15) is 0 Å². The van der Waals surface area contributed by atoms with E-state index in [-0.39, 0.29) is 0 Å². The summed E-state index contributed by atoms with van der Waals surface area (Å²) in [5.74, 6) is 0. The first kappa shape index (κ1) is 12.8. The van der Waals surface area contributed by atoms with Gasteiger partial charge in [-0.1, -0.05) is 22.4 Å². The predicted octanol–water partition coefficient (Wildman–Crippen LogP) is 2.72. The van der Waals surface area contributed by atoms with Crippen LogP contribution in [0.2, 0.25) is 0 Å². The smallest absolute Gasteiger partial charge is 0.0235 e. The maximum atomic E-state index is 3.50. The topological polar surface area (TPSA) is 6.48 Å². The molecule has 0 N–H and O–H groups in total. The summed E-state index contributed by atoms with van der Waals surface area (Å²) in [6.45, 7) is 6.74. The van der Waals surface area contributed by atoms with Crippen molar-refractivity contribution in [1.29, 1.82) is 0 Å². The van der Waals surface area contributed by atoms with Crippen LogP contribution in [0.15, 0.2) is 0 Å². The lowest BCUT2D eigenvalue weighted by Crippen LogP contribution is -2.35. The molecule has 0 spiro atoms. The van der Waals surface area contributed by atoms with Gasteiger partial charge in [0.15, 0.2) is 0 Å². The zero-order chi connectivity index (χ0) is 11.2. The van der Waals surface area contributed by atoms with Crippen molar-refractivity contribution in [1.82, 2.24) is 9.80 Å². The largest absolute Gasteiger partial charge is 0.302 e. The van der Waals surface area contributed by atoms with Gasteiger partial charge in [0.1, 0.15) is 0 Å². The lowest BCUT2D eigenvalue weighted by molar-refractivity contribution is 0.231. The third-order valence-electron chi connectivity index (χ3n) is 4.01. The average Bonchev–Trinajstić information content (AvgIpc) is 2.94. The van der Waals surface area contributed by atoms with Crippen LogP contribution in [0.1, 0.15) is 38.5 Å². The Kier molecular flexibility index (Phi) is 5.60. The molecule has 0 bridgehead atoms. The van der Waals surface area contributed by atoms with E-state index in [0.717, 1.165) is 6.04 Å². The SMILES string of the molecule is BrCCCCCN1CCC(N2CCCC2)C1. The molecule has 0 aromatic rings. The standard InChI is InChI=1S/C13H25BrN2/c14-7-2-1-3-8-15-11-6-13(12-15)16-9-4-5-10-16/h13H,1-12H2. The van der Waals surface area contributed by atoms with Crippen LogP contribution in [-0.2, 0) is 0 Å². The molecule has 0 amide bonds. The molecule has 1 atom stereocenters. The van der Waals surface area contributed by atoms with Crippen molar-refractivity contribution in [2.45, 2.75) is 44.6 Å². The highest BCUT2D eigenvalue weighted by Gasteiger charge is 2.28. The lowest BCUT2D eigenvalue weighted by Gasteiger charge is -2.23. The van der Waals surface area contributed by atoms with Crippen LogP contribution in [0.4, 0.5) is 0 Å². The summed E-state index contributed by atoms with van der Waals surface area (Å²) in [5.41, 5.74) is 0. The zero-order valence-corrected chi connectivity index (χ0v) is 11.9. The summed E-state index contributed by atoms with van der Waals surface area (Å²) >= 11 is 3.50. The summed E-state index contributed by atoms with van der Waals surface area (Å²) in [7, 11) is 0. The maximum absolute atomic E-state index is 3.50. The number of alkyl halides is 1. The molecule has 16 heavy (non-hydrogen) atoms. The second-order valence-electron chi connectivity index (χ2n) is 5.24. The number of rotatable bonds is 6. The average molecular weight is 289 g/mol. The minimum atomic E-state index is 0.888. The van der Waals surface area contributed by atoms with E-state index in [1.807, 2.05) is 0 Å². The van der Waals surface area contributed by atoms with Crippen molar-refractivity contribution < 1.29 is 0 Å². The lowest BCUT2D eigenvalue weighted by atomic mass is 10.2. The molecule has 0 aromatic heterocycles. The number of hydrogen-bond donors (Lipinski definition) is 0. The molecule has 2 fully saturated rings. The summed E-state index contributed by atoms with van der Waals surface area (Å²) < 4.78 is 0. The van der Waals surface area contributed by atoms with E-state index >= 15 is 0 Å². The number of likely N-dealkylation sites (tertiary alicyclic amines) is 2. The molecule has 2 aliphatic rings. The molecular weight excluding hydrogens is 264 g/mol. The Hall–Kier alpha value is 0.400. The molecule has 2 nitrogen and oxygen atoms in total. The molecule has 0 saturated carbocycles. The van der Waals surface area contributed by atoms with Gasteiger partial charge in [-0.05, 0) is 58.3 Å². The molecule has 2 rings (SSSR count). The molecule has 2 aliphatic heterocycles. The quantitative estimate of drug-likeness (QED) is 0.548. The van der Waals surface area contributed by atoms with Gasteiger partial charge in [0.2, 0.25) is 0 Å². The van der Waals surface area contributed by atoms with E-state index < -0.39 is 0 Å². The van der Waals surface area contributed by atoms with Crippen molar-refractivity contribution in [2.24, 2.45) is 0 Å². The fourth-order valence-electron chi connectivity index (χ4n) is 3.03. The summed E-state index contributed by atoms with van der Waals surface area (Å²) in [4.78, 5) is 5.40. The number of unbranched alkanes of at least 4 members (excludes halogenated alkanes) is 2. The van der Waals surface area contributed by atoms with E-state index in [0.29, 0.717) is 0 Å². The van der Waals surface area contributed by atoms with E-state index in [1.54, 1.807) is 0 Å². The van der Waals surface area contributed by atoms with Crippen LogP contribution in [0.3, 0.4) is 0 Å². The fraction of sp³-hybridized carbons (Fsp3) is 1.00. The van der Waals surface area contributed by atoms with E-state index in [1.165, 1.54) is 76.6 Å². The maximum Gasteiger partial charge on any atom is 0.0235 e. The Labute approximate surface area is 108 Å². The summed E-state index contributed by atoms with van der Waals surface area (Å²) in [6.07, 6.45) is 8.39. The first-order chi connectivity index (χ1) is 7.90. The van der Waals surface area contributed by atoms with Crippen LogP contribution in [-0.4, -0.2) is 53.9 Å². The van der Waals surface area contributed by atoms with Crippen molar-refractivity contribution in [3.8, 4) is 0 Å². The van der Waals surface area contributed by atoms with Gasteiger partial charge in [0, 0.05) is 17.9 Å². The third-order valence-corrected chi connectivity index (χ3v) is 4.57. The number of nitrogens with zero attached hydrogens (tertiary/aromatic N) is 2. The summed E-state index contributed by atoms with van der Waals surface area (Å²) in [6, 6.07) is 0.888. The second kappa shape index (κ2) is 6.97. The Bertz CT molecular complexity index is 192. The molecule has 0 aromatic carbocycles. The minimum Gasteiger partial charge on any atom is -0.302 e. The summed E-state index contributed by atoms with van der Waals surface area (Å²) in [5, 5.41) is 1.17. The monoisotopic (exact) mass is 288 g/mol. The second-order valence-corrected chi connectivity index (χ2v) is 6.03. The van der Waals surface area contributed by atoms with Gasteiger partial charge in [-0.25, -0.2) is 0 Å². The van der Waals surface area contributed by atoms with Gasteiger partial charge in [-0.3, -0.25) is 4.90 Å². The van der Waals surface area contributed by atoms with Crippen LogP contribution >= 0.6 is 15.9 Å². The van der Waals surface area contributed by atoms with Crippen molar-refractivity contribution in [3.63, 3.8) is 0 Å². The predicted molar refractivity (Wildman–Crippen MR) is 73.3 cm³/mol. The van der Waals surface area contributed by atoms with E-state index in [2.05, 4.69) is 25.7 Å². The highest BCUT2D eigenvalue weighted by molar-refractivity contribution is 9.09. The Balaban J connectivity index is 1.59. The van der Waals surface area contributed by atoms with Crippen LogP contribution in [0.5, 0.6) is 0 Å². The van der Waals surface area contributed by atoms with Crippen molar-refractivity contribution in [2.75, 3.05) is 38.1 Å². The number of halogens is 1. The first-order valence-electron chi connectivity index (χ1n) is 6.92. The van der Waals surface area contributed by atoms with Gasteiger partial charge >= 0.3 is 0 Å². The Morgan fingerprint density at radius 3 is 2.56 bits per heavy atom. The van der Waals surface area contributed by atoms with E-state index in [9.17, 15) is 0 Å². The number of hydrogen-bond acceptors (Lipinski definition) is 2.